The van der Waals surface area contributed by atoms with Crippen molar-refractivity contribution in [3.05, 3.63) is 12.2 Å². The predicted molar refractivity (Wildman–Crippen MR) is 336 cm³/mol. The summed E-state index contributed by atoms with van der Waals surface area (Å²) >= 11 is 0. The smallest absolute Gasteiger partial charge is 0.246 e. The van der Waals surface area contributed by atoms with Gasteiger partial charge in [0.25, 0.3) is 0 Å². The molecule has 2 aliphatic rings. The van der Waals surface area contributed by atoms with E-state index in [1.54, 1.807) is 54.5 Å². The number of nitrogens with zero attached hydrogens (tertiary/aromatic N) is 8. The molecular weight excluding hydrogens is 1110 g/mol. The van der Waals surface area contributed by atoms with Gasteiger partial charge in [0.15, 0.2) is 0 Å². The summed E-state index contributed by atoms with van der Waals surface area (Å²) in [6, 6.07) is -12.0. The average molecular weight is 1230 g/mol. The van der Waals surface area contributed by atoms with E-state index in [4.69, 9.17) is 0 Å². The molecule has 12 atom stereocenters. The normalized spacial score (nSPS) is 27.3. The zero-order valence-electron chi connectivity index (χ0n) is 57.1. The fourth-order valence-corrected chi connectivity index (χ4v) is 11.7. The van der Waals surface area contributed by atoms with E-state index in [-0.39, 0.29) is 68.7 Å². The van der Waals surface area contributed by atoms with Crippen molar-refractivity contribution in [3.63, 3.8) is 0 Å². The van der Waals surface area contributed by atoms with Crippen molar-refractivity contribution in [2.75, 3.05) is 62.4 Å². The van der Waals surface area contributed by atoms with E-state index in [0.29, 0.717) is 12.8 Å². The first kappa shape index (κ1) is 77.0. The fourth-order valence-electron chi connectivity index (χ4n) is 11.7. The standard InChI is InChI=1S/C64H113N11O12/c1-24-26-28-42(15)54(77)53-57(80)66-44(25-2)59(82)68(17)35-50(76)69(18)46(31-36(3)4)56(79)67-51(40(11)12)63(86)70(19)47(32-37(5)6)55(78)65-43(16)58(81)75-30-27-29-45(75)60(83)71(20)48(33-38(7)8)61(84)72(21)49(34-39(9)10)62(85)73(22)52(41(13)14)64(87)74(53)23/h24,26,36-49,51-54,77H,25,27-35H2,1-23H3,(H,65,78)(H,66,80)(H,67,79)/b26-24+/t42-,43+,44+,45-,46+,47+,48+,49+,51+,52+,53+,54-/m1/s1. The molecule has 0 aromatic carbocycles. The fraction of sp³-hybridized carbons (Fsp3) is 0.797. The Hall–Kier alpha value is -6.13. The van der Waals surface area contributed by atoms with E-state index in [1.165, 1.54) is 85.7 Å². The lowest BCUT2D eigenvalue weighted by Crippen LogP contribution is -2.63. The molecule has 0 unspecified atom stereocenters. The number of likely N-dealkylation sites (N-methyl/N-ethyl adjacent to an activating group) is 7. The number of allylic oxidation sites excluding steroid dienone is 2. The van der Waals surface area contributed by atoms with Crippen molar-refractivity contribution < 1.29 is 57.8 Å². The number of nitrogens with one attached hydrogen (secondary N) is 3. The Bertz CT molecular complexity index is 2410. The number of fused-ring (bicyclic) bond motifs is 1. The number of carbonyl (C=O) groups excluding carboxylic acids is 11. The zero-order valence-corrected chi connectivity index (χ0v) is 57.1. The third-order valence-corrected chi connectivity index (χ3v) is 17.1. The minimum atomic E-state index is -1.61. The van der Waals surface area contributed by atoms with Gasteiger partial charge in [-0.05, 0) is 107 Å². The van der Waals surface area contributed by atoms with Gasteiger partial charge in [-0.3, -0.25) is 52.7 Å². The Kier molecular flexibility index (Phi) is 30.6. The first-order valence-electron chi connectivity index (χ1n) is 31.7. The molecule has 2 aliphatic heterocycles. The molecule has 23 heteroatoms. The molecule has 0 aromatic rings. The zero-order chi connectivity index (χ0) is 67.0. The number of amides is 11. The highest BCUT2D eigenvalue weighted by molar-refractivity contribution is 6.00. The lowest BCUT2D eigenvalue weighted by atomic mass is 9.91. The van der Waals surface area contributed by atoms with Crippen LogP contribution in [-0.4, -0.2) is 238 Å². The summed E-state index contributed by atoms with van der Waals surface area (Å²) in [6.07, 6.45) is 3.85. The molecule has 2 heterocycles. The van der Waals surface area contributed by atoms with E-state index < -0.39 is 156 Å². The van der Waals surface area contributed by atoms with Crippen molar-refractivity contribution in [3.8, 4) is 0 Å². The first-order valence-corrected chi connectivity index (χ1v) is 31.7. The van der Waals surface area contributed by atoms with Crippen LogP contribution >= 0.6 is 0 Å². The second kappa shape index (κ2) is 34.6. The van der Waals surface area contributed by atoms with Crippen LogP contribution in [0.3, 0.4) is 0 Å². The molecule has 87 heavy (non-hydrogen) atoms. The van der Waals surface area contributed by atoms with Gasteiger partial charge in [0.1, 0.15) is 60.4 Å². The van der Waals surface area contributed by atoms with Crippen LogP contribution in [0.25, 0.3) is 0 Å². The third kappa shape index (κ3) is 20.5. The Morgan fingerprint density at radius 1 is 0.506 bits per heavy atom. The van der Waals surface area contributed by atoms with Gasteiger partial charge in [-0.2, -0.15) is 0 Å². The van der Waals surface area contributed by atoms with Gasteiger partial charge in [0.05, 0.1) is 12.6 Å². The maximum atomic E-state index is 15.2. The minimum Gasteiger partial charge on any atom is -0.390 e. The summed E-state index contributed by atoms with van der Waals surface area (Å²) in [5, 5.41) is 20.6. The van der Waals surface area contributed by atoms with E-state index in [2.05, 4.69) is 16.0 Å². The van der Waals surface area contributed by atoms with Gasteiger partial charge in [-0.25, -0.2) is 0 Å². The van der Waals surface area contributed by atoms with E-state index >= 15 is 14.4 Å². The summed E-state index contributed by atoms with van der Waals surface area (Å²) in [5.41, 5.74) is 0. The SMILES string of the molecule is C/C=C/C[C@@H](C)[C@@H](O)[C@H]1C(=O)N[C@@H](CC)C(=O)N(C)CC(=O)N(C)[C@@H](CC(C)C)C(=O)N[C@@H](C(C)C)C(=O)N(C)[C@@H](CC(C)C)C(=O)N[C@@H](C)C(=O)N2CCC[C@@H]2C(=O)N(C)[C@@H](CC(C)C)C(=O)N(C)[C@@H](CC(C)C)C(=O)N(C)[C@@H](C(C)C)C(=O)N1C. The Morgan fingerprint density at radius 2 is 0.954 bits per heavy atom. The van der Waals surface area contributed by atoms with E-state index in [0.717, 1.165) is 9.80 Å². The Morgan fingerprint density at radius 3 is 1.43 bits per heavy atom. The second-order valence-corrected chi connectivity index (χ2v) is 27.1. The largest absolute Gasteiger partial charge is 0.390 e. The summed E-state index contributed by atoms with van der Waals surface area (Å²) in [5.74, 6) is -9.20. The summed E-state index contributed by atoms with van der Waals surface area (Å²) in [7, 11) is 10.1. The molecule has 2 saturated heterocycles. The molecule has 2 rings (SSSR count). The number of aliphatic hydroxyl groups is 1. The van der Waals surface area contributed by atoms with E-state index in [9.17, 15) is 43.5 Å². The molecular formula is C64H113N11O12. The predicted octanol–water partition coefficient (Wildman–Crippen LogP) is 3.76. The lowest BCUT2D eigenvalue weighted by Gasteiger charge is -2.41. The average Bonchev–Trinajstić information content (AvgIpc) is 3.87. The van der Waals surface area contributed by atoms with Gasteiger partial charge in [-0.15, -0.1) is 0 Å². The lowest BCUT2D eigenvalue weighted by molar-refractivity contribution is -0.158. The van der Waals surface area contributed by atoms with Gasteiger partial charge < -0.3 is 60.3 Å². The van der Waals surface area contributed by atoms with Crippen LogP contribution in [0.1, 0.15) is 162 Å². The number of aliphatic hydroxyl groups excluding tert-OH is 1. The molecule has 0 aromatic heterocycles. The molecule has 0 spiro atoms. The van der Waals surface area contributed by atoms with Gasteiger partial charge in [0, 0.05) is 55.9 Å². The molecule has 0 radical (unpaired) electrons. The summed E-state index contributed by atoms with van der Waals surface area (Å²) < 4.78 is 0. The van der Waals surface area contributed by atoms with Crippen LogP contribution in [0, 0.1) is 41.4 Å². The quantitative estimate of drug-likeness (QED) is 0.171. The van der Waals surface area contributed by atoms with Crippen LogP contribution in [-0.2, 0) is 52.7 Å². The summed E-state index contributed by atoms with van der Waals surface area (Å²) in [6.45, 7) is 28.4. The molecule has 0 saturated carbocycles. The number of hydrogen-bond acceptors (Lipinski definition) is 12. The van der Waals surface area contributed by atoms with Crippen molar-refractivity contribution in [1.82, 2.24) is 55.1 Å². The monoisotopic (exact) mass is 1230 g/mol. The van der Waals surface area contributed by atoms with Gasteiger partial charge >= 0.3 is 0 Å². The second-order valence-electron chi connectivity index (χ2n) is 27.1. The van der Waals surface area contributed by atoms with Crippen molar-refractivity contribution in [2.45, 2.75) is 229 Å². The number of rotatable bonds is 15. The van der Waals surface area contributed by atoms with Gasteiger partial charge in [0.2, 0.25) is 65.0 Å². The van der Waals surface area contributed by atoms with Crippen LogP contribution in [0.5, 0.6) is 0 Å². The van der Waals surface area contributed by atoms with Crippen molar-refractivity contribution in [1.29, 1.82) is 0 Å². The van der Waals surface area contributed by atoms with Crippen LogP contribution in [0.15, 0.2) is 12.2 Å². The van der Waals surface area contributed by atoms with Gasteiger partial charge in [-0.1, -0.05) is 109 Å². The molecule has 11 amide bonds. The highest BCUT2D eigenvalue weighted by Gasteiger charge is 2.47. The number of carbonyl (C=O) groups is 11. The van der Waals surface area contributed by atoms with E-state index in [1.807, 2.05) is 61.5 Å². The summed E-state index contributed by atoms with van der Waals surface area (Å²) in [4.78, 5) is 172. The molecule has 4 N–H and O–H groups in total. The molecule has 496 valence electrons. The maximum absolute atomic E-state index is 15.2. The third-order valence-electron chi connectivity index (χ3n) is 17.1. The van der Waals surface area contributed by atoms with Crippen molar-refractivity contribution >= 4 is 65.0 Å². The molecule has 23 nitrogen and oxygen atoms in total. The molecule has 0 aliphatic carbocycles. The highest BCUT2D eigenvalue weighted by Crippen LogP contribution is 2.28. The van der Waals surface area contributed by atoms with Crippen LogP contribution in [0.2, 0.25) is 0 Å². The Balaban J connectivity index is 3.01. The highest BCUT2D eigenvalue weighted by atomic mass is 16.3. The number of hydrogen-bond donors (Lipinski definition) is 4. The first-order chi connectivity index (χ1) is 40.3. The maximum Gasteiger partial charge on any atom is 0.246 e. The molecule has 2 fully saturated rings. The van der Waals surface area contributed by atoms with Crippen LogP contribution in [0.4, 0.5) is 0 Å². The van der Waals surface area contributed by atoms with Crippen LogP contribution < -0.4 is 16.0 Å². The van der Waals surface area contributed by atoms with Crippen molar-refractivity contribution in [2.24, 2.45) is 41.4 Å². The Labute approximate surface area is 520 Å². The topological polar surface area (TPSA) is 270 Å². The molecule has 0 bridgehead atoms. The minimum absolute atomic E-state index is 0.0260.